The minimum absolute atomic E-state index is 0.0164. The quantitative estimate of drug-likeness (QED) is 0.529. The van der Waals surface area contributed by atoms with E-state index in [1.807, 2.05) is 0 Å². The zero-order valence-corrected chi connectivity index (χ0v) is 20.8. The van der Waals surface area contributed by atoms with Crippen molar-refractivity contribution in [3.63, 3.8) is 0 Å². The number of nitrogens with zero attached hydrogens (tertiary/aromatic N) is 1. The molecule has 0 aromatic carbocycles. The van der Waals surface area contributed by atoms with Gasteiger partial charge in [0.2, 0.25) is 5.91 Å². The van der Waals surface area contributed by atoms with E-state index < -0.39 is 5.41 Å². The van der Waals surface area contributed by atoms with E-state index in [-0.39, 0.29) is 50.2 Å². The van der Waals surface area contributed by atoms with Crippen LogP contribution < -0.4 is 0 Å². The first-order valence-electron chi connectivity index (χ1n) is 11.5. The number of methoxy groups -OCH3 is 1. The van der Waals surface area contributed by atoms with E-state index in [1.54, 1.807) is 12.0 Å². The monoisotopic (exact) mass is 431 g/mol. The summed E-state index contributed by atoms with van der Waals surface area (Å²) in [5.41, 5.74) is 1.75. The van der Waals surface area contributed by atoms with E-state index in [1.165, 1.54) is 22.9 Å². The number of imide groups is 1. The van der Waals surface area contributed by atoms with Gasteiger partial charge in [-0.25, -0.2) is 0 Å². The fourth-order valence-electron chi connectivity index (χ4n) is 9.03. The fraction of sp³-hybridized carbons (Fsp3) is 0.840. The molecule has 2 amide bonds. The van der Waals surface area contributed by atoms with Crippen molar-refractivity contribution in [1.29, 1.82) is 0 Å². The third-order valence-electron chi connectivity index (χ3n) is 11.9. The van der Waals surface area contributed by atoms with Gasteiger partial charge in [-0.05, 0) is 49.9 Å². The van der Waals surface area contributed by atoms with E-state index in [0.717, 1.165) is 19.3 Å². The Morgan fingerprint density at radius 3 is 2.23 bits per heavy atom. The summed E-state index contributed by atoms with van der Waals surface area (Å²) < 4.78 is 5.92. The third kappa shape index (κ3) is 1.72. The highest BCUT2D eigenvalue weighted by atomic mass is 32.2. The van der Waals surface area contributed by atoms with Gasteiger partial charge in [-0.1, -0.05) is 64.5 Å². The van der Waals surface area contributed by atoms with Gasteiger partial charge in [0.1, 0.15) is 0 Å². The number of amides is 2. The summed E-state index contributed by atoms with van der Waals surface area (Å²) in [5, 5.41) is 0.0811. The van der Waals surface area contributed by atoms with Crippen LogP contribution in [0.25, 0.3) is 0 Å². The molecule has 0 aromatic heterocycles. The van der Waals surface area contributed by atoms with Crippen LogP contribution in [0.5, 0.6) is 0 Å². The molecule has 5 aliphatic rings. The second-order valence-electron chi connectivity index (χ2n) is 12.1. The van der Waals surface area contributed by atoms with Crippen molar-refractivity contribution in [2.24, 2.45) is 33.0 Å². The Labute approximate surface area is 185 Å². The third-order valence-corrected chi connectivity index (χ3v) is 13.2. The normalized spacial score (nSPS) is 50.0. The van der Waals surface area contributed by atoms with Crippen LogP contribution >= 0.6 is 11.8 Å². The lowest BCUT2D eigenvalue weighted by Crippen LogP contribution is -2.59. The van der Waals surface area contributed by atoms with Gasteiger partial charge >= 0.3 is 0 Å². The summed E-state index contributed by atoms with van der Waals surface area (Å²) in [6.07, 6.45) is 2.72. The van der Waals surface area contributed by atoms with Gasteiger partial charge in [0.25, 0.3) is 5.24 Å². The highest BCUT2D eigenvalue weighted by Gasteiger charge is 2.80. The lowest BCUT2D eigenvalue weighted by molar-refractivity contribution is -0.156. The predicted molar refractivity (Wildman–Crippen MR) is 120 cm³/mol. The second kappa shape index (κ2) is 5.57. The van der Waals surface area contributed by atoms with E-state index in [2.05, 4.69) is 55.4 Å². The highest BCUT2D eigenvalue weighted by molar-refractivity contribution is 8.14. The van der Waals surface area contributed by atoms with E-state index in [9.17, 15) is 9.59 Å². The molecule has 1 heterocycles. The molecule has 0 unspecified atom stereocenters. The lowest BCUT2D eigenvalue weighted by atomic mass is 9.62. The van der Waals surface area contributed by atoms with Crippen molar-refractivity contribution >= 4 is 22.9 Å². The van der Waals surface area contributed by atoms with E-state index in [0.29, 0.717) is 5.92 Å². The van der Waals surface area contributed by atoms with Gasteiger partial charge in [0.15, 0.2) is 0 Å². The van der Waals surface area contributed by atoms with Crippen molar-refractivity contribution in [2.75, 3.05) is 7.11 Å². The Morgan fingerprint density at radius 2 is 1.67 bits per heavy atom. The Bertz CT molecular complexity index is 906. The zero-order valence-electron chi connectivity index (χ0n) is 20.0. The van der Waals surface area contributed by atoms with E-state index in [4.69, 9.17) is 4.74 Å². The van der Waals surface area contributed by atoms with Gasteiger partial charge in [0.05, 0.1) is 17.6 Å². The van der Waals surface area contributed by atoms with Crippen molar-refractivity contribution < 1.29 is 14.3 Å². The average Bonchev–Trinajstić information content (AvgIpc) is 3.31. The molecule has 4 nitrogen and oxygen atoms in total. The first kappa shape index (κ1) is 21.1. The lowest BCUT2D eigenvalue weighted by Gasteiger charge is -2.47. The van der Waals surface area contributed by atoms with Crippen LogP contribution in [0.2, 0.25) is 0 Å². The fourth-order valence-corrected chi connectivity index (χ4v) is 10.8. The summed E-state index contributed by atoms with van der Waals surface area (Å²) in [6, 6.07) is -0.0754. The van der Waals surface area contributed by atoms with Gasteiger partial charge in [0, 0.05) is 23.2 Å². The Morgan fingerprint density at radius 1 is 1.07 bits per heavy atom. The molecule has 30 heavy (non-hydrogen) atoms. The van der Waals surface area contributed by atoms with Crippen LogP contribution in [0.1, 0.15) is 74.7 Å². The Kier molecular flexibility index (Phi) is 3.91. The van der Waals surface area contributed by atoms with Crippen molar-refractivity contribution in [2.45, 2.75) is 92.0 Å². The predicted octanol–water partition coefficient (Wildman–Crippen LogP) is 5.66. The largest absolute Gasteiger partial charge is 0.380 e. The molecule has 0 aromatic rings. The van der Waals surface area contributed by atoms with Crippen molar-refractivity contribution in [3.05, 3.63) is 11.1 Å². The highest BCUT2D eigenvalue weighted by Crippen LogP contribution is 2.79. The molecule has 0 radical (unpaired) electrons. The standard InChI is InChI=1S/C25H37NO3S/c1-13-14(2)24(8)18-17(23(13,7)22(24,5)6)26(20(28)30-18)19(27)25-11-10-15(21(25,3)4)12-16(25)29-9/h15-18H,10-12H2,1-9H3/t15-,16-,17+,18-,23+,24-,25+/m1/s1. The number of carbonyl (C=O) groups excluding carboxylic acids is 2. The second-order valence-corrected chi connectivity index (χ2v) is 13.2. The topological polar surface area (TPSA) is 46.6 Å². The number of thioether (sulfide) groups is 1. The maximum Gasteiger partial charge on any atom is 0.288 e. The molecule has 0 spiro atoms. The van der Waals surface area contributed by atoms with Crippen LogP contribution in [-0.2, 0) is 9.53 Å². The first-order chi connectivity index (χ1) is 13.8. The van der Waals surface area contributed by atoms with Gasteiger partial charge < -0.3 is 4.74 Å². The van der Waals surface area contributed by atoms with Crippen LogP contribution in [-0.4, -0.2) is 40.6 Å². The molecule has 7 atom stereocenters. The Balaban J connectivity index is 1.66. The minimum Gasteiger partial charge on any atom is -0.380 e. The minimum atomic E-state index is -0.590. The molecule has 4 fully saturated rings. The number of rotatable bonds is 2. The molecule has 0 N–H and O–H groups in total. The zero-order chi connectivity index (χ0) is 22.2. The molecule has 3 saturated carbocycles. The van der Waals surface area contributed by atoms with Gasteiger partial charge in [-0.2, -0.15) is 0 Å². The van der Waals surface area contributed by atoms with Crippen LogP contribution in [0, 0.1) is 33.0 Å². The average molecular weight is 432 g/mol. The molecule has 4 aliphatic carbocycles. The maximum atomic E-state index is 14.5. The first-order valence-corrected chi connectivity index (χ1v) is 12.4. The molecule has 5 rings (SSSR count). The van der Waals surface area contributed by atoms with Gasteiger partial charge in [-0.15, -0.1) is 0 Å². The smallest absolute Gasteiger partial charge is 0.288 e. The molecule has 1 saturated heterocycles. The number of ether oxygens (including phenoxy) is 1. The maximum absolute atomic E-state index is 14.5. The number of hydrogen-bond donors (Lipinski definition) is 0. The summed E-state index contributed by atoms with van der Waals surface area (Å²) in [6.45, 7) is 18.3. The molecular formula is C25H37NO3S. The summed E-state index contributed by atoms with van der Waals surface area (Å²) in [4.78, 5) is 29.7. The summed E-state index contributed by atoms with van der Waals surface area (Å²) >= 11 is 1.42. The molecular weight excluding hydrogens is 394 g/mol. The molecule has 1 aliphatic heterocycles. The van der Waals surface area contributed by atoms with Crippen LogP contribution in [0.4, 0.5) is 4.79 Å². The van der Waals surface area contributed by atoms with Crippen LogP contribution in [0.3, 0.4) is 0 Å². The SMILES string of the molecule is CO[C@@H]1C[C@H]2CC[C@]1(C(=O)N1C(=O)S[C@@H]3[C@H]1[C@]1(C)C(C)=C(C)[C@@]3(C)C1(C)C)C2(C)C. The van der Waals surface area contributed by atoms with Crippen molar-refractivity contribution in [1.82, 2.24) is 4.90 Å². The van der Waals surface area contributed by atoms with Crippen molar-refractivity contribution in [3.8, 4) is 0 Å². The number of allylic oxidation sites excluding steroid dienone is 1. The van der Waals surface area contributed by atoms with Gasteiger partial charge in [-0.3, -0.25) is 14.5 Å². The van der Waals surface area contributed by atoms with E-state index >= 15 is 0 Å². The Hall–Kier alpha value is -0.810. The molecule has 5 heteroatoms. The summed E-state index contributed by atoms with van der Waals surface area (Å²) in [7, 11) is 1.74. The number of hydrogen-bond acceptors (Lipinski definition) is 4. The molecule has 166 valence electrons. The number of fused-ring (bicyclic) bond motifs is 7. The molecule has 4 bridgehead atoms. The summed E-state index contributed by atoms with van der Waals surface area (Å²) in [5.74, 6) is 0.531. The van der Waals surface area contributed by atoms with Crippen LogP contribution in [0.15, 0.2) is 11.1 Å². The number of carbonyl (C=O) groups is 2.